The first-order valence-electron chi connectivity index (χ1n) is 4.88. The van der Waals surface area contributed by atoms with Crippen molar-refractivity contribution in [1.29, 1.82) is 0 Å². The van der Waals surface area contributed by atoms with Crippen molar-refractivity contribution in [3.8, 4) is 0 Å². The van der Waals surface area contributed by atoms with E-state index in [1.54, 1.807) is 13.8 Å². The summed E-state index contributed by atoms with van der Waals surface area (Å²) in [6.07, 6.45) is 0. The largest absolute Gasteiger partial charge is 0.338 e. The van der Waals surface area contributed by atoms with Gasteiger partial charge in [0, 0.05) is 11.6 Å². The lowest BCUT2D eigenvalue weighted by Crippen LogP contribution is -2.17. The van der Waals surface area contributed by atoms with Gasteiger partial charge in [0.05, 0.1) is 5.69 Å². The van der Waals surface area contributed by atoms with Crippen LogP contribution < -0.4 is 10.9 Å². The van der Waals surface area contributed by atoms with Gasteiger partial charge in [0.2, 0.25) is 5.88 Å². The van der Waals surface area contributed by atoms with Gasteiger partial charge < -0.3 is 4.52 Å². The summed E-state index contributed by atoms with van der Waals surface area (Å²) < 4.78 is 4.93. The monoisotopic (exact) mass is 234 g/mol. The Morgan fingerprint density at radius 3 is 2.71 bits per heavy atom. The van der Waals surface area contributed by atoms with E-state index in [1.807, 2.05) is 0 Å². The number of rotatable bonds is 2. The second kappa shape index (κ2) is 4.20. The summed E-state index contributed by atoms with van der Waals surface area (Å²) in [5.74, 6) is -0.194. The zero-order chi connectivity index (χ0) is 12.4. The van der Waals surface area contributed by atoms with Gasteiger partial charge in [-0.1, -0.05) is 5.16 Å². The molecular formula is C10H10N4O3. The van der Waals surface area contributed by atoms with Crippen molar-refractivity contribution in [3.63, 3.8) is 0 Å². The van der Waals surface area contributed by atoms with E-state index in [1.165, 1.54) is 12.1 Å². The highest BCUT2D eigenvalue weighted by molar-refractivity contribution is 6.02. The Morgan fingerprint density at radius 2 is 2.18 bits per heavy atom. The first-order chi connectivity index (χ1) is 8.08. The van der Waals surface area contributed by atoms with Crippen LogP contribution in [0.25, 0.3) is 0 Å². The van der Waals surface area contributed by atoms with E-state index in [-0.39, 0.29) is 17.1 Å². The summed E-state index contributed by atoms with van der Waals surface area (Å²) in [5, 5.41) is 12.0. The van der Waals surface area contributed by atoms with Crippen LogP contribution in [0.1, 0.15) is 21.7 Å². The molecule has 0 saturated carbocycles. The minimum absolute atomic E-state index is 0.0954. The molecule has 0 unspecified atom stereocenters. The molecule has 88 valence electrons. The molecule has 0 aliphatic carbocycles. The fourth-order valence-corrected chi connectivity index (χ4v) is 1.17. The number of aryl methyl sites for hydroxylation is 1. The molecule has 0 fully saturated rings. The summed E-state index contributed by atoms with van der Waals surface area (Å²) in [7, 11) is 0. The van der Waals surface area contributed by atoms with Gasteiger partial charge in [0.1, 0.15) is 5.69 Å². The first-order valence-corrected chi connectivity index (χ1v) is 4.88. The summed E-state index contributed by atoms with van der Waals surface area (Å²) in [5.41, 5.74) is 1.18. The van der Waals surface area contributed by atoms with E-state index < -0.39 is 5.91 Å². The van der Waals surface area contributed by atoms with Crippen molar-refractivity contribution in [2.24, 2.45) is 0 Å². The van der Waals surface area contributed by atoms with Gasteiger partial charge >= 0.3 is 0 Å². The van der Waals surface area contributed by atoms with E-state index in [0.717, 1.165) is 5.56 Å². The second-order valence-corrected chi connectivity index (χ2v) is 3.48. The van der Waals surface area contributed by atoms with Crippen molar-refractivity contribution < 1.29 is 9.32 Å². The predicted octanol–water partition coefficient (Wildman–Crippen LogP) is 0.627. The maximum Gasteiger partial charge on any atom is 0.278 e. The molecule has 2 aromatic heterocycles. The lowest BCUT2D eigenvalue weighted by molar-refractivity contribution is 0.101. The van der Waals surface area contributed by atoms with Gasteiger partial charge in [-0.15, -0.1) is 0 Å². The number of nitrogens with one attached hydrogen (secondary N) is 2. The molecule has 7 nitrogen and oxygen atoms in total. The SMILES string of the molecule is Cc1noc(NC(=O)c2ccc(=O)[nH]n2)c1C. The lowest BCUT2D eigenvalue weighted by atomic mass is 10.3. The van der Waals surface area contributed by atoms with E-state index in [2.05, 4.69) is 20.7 Å². The smallest absolute Gasteiger partial charge is 0.278 e. The zero-order valence-corrected chi connectivity index (χ0v) is 9.27. The molecular weight excluding hydrogens is 224 g/mol. The van der Waals surface area contributed by atoms with Gasteiger partial charge in [0.25, 0.3) is 11.5 Å². The van der Waals surface area contributed by atoms with Crippen LogP contribution in [0.4, 0.5) is 5.88 Å². The number of H-pyrrole nitrogens is 1. The molecule has 1 amide bonds. The molecule has 0 aliphatic heterocycles. The van der Waals surface area contributed by atoms with Crippen LogP contribution in [0.15, 0.2) is 21.5 Å². The third kappa shape index (κ3) is 2.22. The number of anilines is 1. The van der Waals surface area contributed by atoms with Gasteiger partial charge in [-0.25, -0.2) is 5.10 Å². The highest BCUT2D eigenvalue weighted by atomic mass is 16.5. The normalized spacial score (nSPS) is 10.2. The van der Waals surface area contributed by atoms with E-state index in [0.29, 0.717) is 5.69 Å². The number of hydrogen-bond acceptors (Lipinski definition) is 5. The van der Waals surface area contributed by atoms with Gasteiger partial charge in [-0.05, 0) is 19.9 Å². The molecule has 0 aliphatic rings. The second-order valence-electron chi connectivity index (χ2n) is 3.48. The van der Waals surface area contributed by atoms with Gasteiger partial charge in [0.15, 0.2) is 0 Å². The molecule has 0 saturated heterocycles. The summed E-state index contributed by atoms with van der Waals surface area (Å²) in [4.78, 5) is 22.5. The van der Waals surface area contributed by atoms with Gasteiger partial charge in [-0.2, -0.15) is 5.10 Å². The van der Waals surface area contributed by atoms with Crippen molar-refractivity contribution >= 4 is 11.8 Å². The fourth-order valence-electron chi connectivity index (χ4n) is 1.17. The fraction of sp³-hybridized carbons (Fsp3) is 0.200. The molecule has 2 heterocycles. The third-order valence-corrected chi connectivity index (χ3v) is 2.30. The van der Waals surface area contributed by atoms with E-state index in [4.69, 9.17) is 4.52 Å². The van der Waals surface area contributed by atoms with Crippen LogP contribution >= 0.6 is 0 Å². The Bertz CT molecular complexity index is 594. The number of carbonyl (C=O) groups is 1. The Balaban J connectivity index is 2.20. The molecule has 17 heavy (non-hydrogen) atoms. The third-order valence-electron chi connectivity index (χ3n) is 2.30. The average molecular weight is 234 g/mol. The molecule has 2 N–H and O–H groups in total. The van der Waals surface area contributed by atoms with Crippen molar-refractivity contribution in [1.82, 2.24) is 15.4 Å². The molecule has 2 rings (SSSR count). The highest BCUT2D eigenvalue weighted by Gasteiger charge is 2.14. The van der Waals surface area contributed by atoms with Crippen LogP contribution in [-0.4, -0.2) is 21.3 Å². The molecule has 0 aromatic carbocycles. The Kier molecular flexibility index (Phi) is 2.73. The van der Waals surface area contributed by atoms with Crippen molar-refractivity contribution in [2.45, 2.75) is 13.8 Å². The zero-order valence-electron chi connectivity index (χ0n) is 9.27. The number of aromatic nitrogens is 3. The number of hydrogen-bond donors (Lipinski definition) is 2. The van der Waals surface area contributed by atoms with Crippen LogP contribution in [0.5, 0.6) is 0 Å². The molecule has 0 atom stereocenters. The number of carbonyl (C=O) groups excluding carboxylic acids is 1. The van der Waals surface area contributed by atoms with Crippen LogP contribution in [-0.2, 0) is 0 Å². The first kappa shape index (κ1) is 11.1. The highest BCUT2D eigenvalue weighted by Crippen LogP contribution is 2.17. The maximum atomic E-state index is 11.7. The average Bonchev–Trinajstić information content (AvgIpc) is 2.62. The predicted molar refractivity (Wildman–Crippen MR) is 58.8 cm³/mol. The van der Waals surface area contributed by atoms with Crippen molar-refractivity contribution in [3.05, 3.63) is 39.4 Å². The Labute approximate surface area is 95.8 Å². The number of nitrogens with zero attached hydrogens (tertiary/aromatic N) is 2. The van der Waals surface area contributed by atoms with Crippen molar-refractivity contribution in [2.75, 3.05) is 5.32 Å². The molecule has 7 heteroatoms. The van der Waals surface area contributed by atoms with Gasteiger partial charge in [-0.3, -0.25) is 14.9 Å². The topological polar surface area (TPSA) is 101 Å². The summed E-state index contributed by atoms with van der Waals surface area (Å²) in [6.45, 7) is 3.55. The minimum Gasteiger partial charge on any atom is -0.338 e. The Morgan fingerprint density at radius 1 is 1.41 bits per heavy atom. The molecule has 0 spiro atoms. The number of amides is 1. The van der Waals surface area contributed by atoms with Crippen LogP contribution in [0.3, 0.4) is 0 Å². The Hall–Kier alpha value is -2.44. The summed E-state index contributed by atoms with van der Waals surface area (Å²) >= 11 is 0. The van der Waals surface area contributed by atoms with E-state index in [9.17, 15) is 9.59 Å². The number of aromatic amines is 1. The summed E-state index contributed by atoms with van der Waals surface area (Å²) in [6, 6.07) is 2.55. The standard InChI is InChI=1S/C10H10N4O3/c1-5-6(2)14-17-10(5)11-9(16)7-3-4-8(15)13-12-7/h3-4H,1-2H3,(H,11,16)(H,13,15). The molecule has 2 aromatic rings. The molecule has 0 bridgehead atoms. The van der Waals surface area contributed by atoms with Crippen LogP contribution in [0, 0.1) is 13.8 Å². The minimum atomic E-state index is -0.472. The maximum absolute atomic E-state index is 11.7. The lowest BCUT2D eigenvalue weighted by Gasteiger charge is -2.00. The van der Waals surface area contributed by atoms with E-state index >= 15 is 0 Å². The van der Waals surface area contributed by atoms with Crippen LogP contribution in [0.2, 0.25) is 0 Å². The quantitative estimate of drug-likeness (QED) is 0.793. The molecule has 0 radical (unpaired) electrons.